The van der Waals surface area contributed by atoms with Gasteiger partial charge in [-0.3, -0.25) is 9.59 Å². The van der Waals surface area contributed by atoms with Crippen LogP contribution in [0.25, 0.3) is 0 Å². The summed E-state index contributed by atoms with van der Waals surface area (Å²) in [7, 11) is 0. The van der Waals surface area contributed by atoms with E-state index < -0.39 is 5.41 Å². The predicted molar refractivity (Wildman–Crippen MR) is 109 cm³/mol. The number of likely N-dealkylation sites (tertiary alicyclic amines) is 1. The molecule has 2 amide bonds. The highest BCUT2D eigenvalue weighted by molar-refractivity contribution is 8.00. The van der Waals surface area contributed by atoms with Crippen LogP contribution in [0.5, 0.6) is 0 Å². The lowest BCUT2D eigenvalue weighted by atomic mass is 9.81. The Bertz CT molecular complexity index is 830. The van der Waals surface area contributed by atoms with E-state index in [9.17, 15) is 14.0 Å². The summed E-state index contributed by atoms with van der Waals surface area (Å²) in [5.41, 5.74) is 0.0958. The van der Waals surface area contributed by atoms with Crippen LogP contribution in [-0.2, 0) is 16.1 Å². The number of piperidine rings is 1. The molecule has 6 heteroatoms. The third kappa shape index (κ3) is 5.35. The molecule has 1 saturated heterocycles. The average molecular weight is 401 g/mol. The Balaban J connectivity index is 1.54. The van der Waals surface area contributed by atoms with E-state index >= 15 is 0 Å². The molecule has 4 nitrogen and oxygen atoms in total. The minimum Gasteiger partial charge on any atom is -0.351 e. The van der Waals surface area contributed by atoms with Gasteiger partial charge in [-0.15, -0.1) is 11.8 Å². The normalized spacial score (nSPS) is 19.3. The topological polar surface area (TPSA) is 49.4 Å². The Morgan fingerprint density at radius 1 is 1.18 bits per heavy atom. The molecule has 0 radical (unpaired) electrons. The molecule has 2 aromatic rings. The van der Waals surface area contributed by atoms with Crippen molar-refractivity contribution in [2.45, 2.75) is 31.2 Å². The van der Waals surface area contributed by atoms with Crippen molar-refractivity contribution in [3.63, 3.8) is 0 Å². The van der Waals surface area contributed by atoms with Gasteiger partial charge in [0.05, 0.1) is 11.2 Å². The Kier molecular flexibility index (Phi) is 6.73. The zero-order chi connectivity index (χ0) is 20.0. The third-order valence-electron chi connectivity index (χ3n) is 5.04. The quantitative estimate of drug-likeness (QED) is 0.749. The van der Waals surface area contributed by atoms with Crippen LogP contribution in [-0.4, -0.2) is 35.6 Å². The fraction of sp³-hybridized carbons (Fsp3) is 0.364. The highest BCUT2D eigenvalue weighted by atomic mass is 32.2. The molecule has 148 valence electrons. The number of nitrogens with one attached hydrogen (secondary N) is 1. The van der Waals surface area contributed by atoms with Crippen LogP contribution in [0.4, 0.5) is 4.39 Å². The van der Waals surface area contributed by atoms with Gasteiger partial charge in [-0.2, -0.15) is 0 Å². The summed E-state index contributed by atoms with van der Waals surface area (Å²) in [6.07, 6.45) is 1.53. The summed E-state index contributed by atoms with van der Waals surface area (Å²) in [6.45, 7) is 3.28. The average Bonchev–Trinajstić information content (AvgIpc) is 2.71. The van der Waals surface area contributed by atoms with Crippen LogP contribution >= 0.6 is 11.8 Å². The number of hydrogen-bond acceptors (Lipinski definition) is 3. The lowest BCUT2D eigenvalue weighted by Crippen LogP contribution is -2.52. The fourth-order valence-corrected chi connectivity index (χ4v) is 4.26. The summed E-state index contributed by atoms with van der Waals surface area (Å²) in [6, 6.07) is 16.0. The Morgan fingerprint density at radius 2 is 1.96 bits per heavy atom. The fourth-order valence-electron chi connectivity index (χ4n) is 3.43. The lowest BCUT2D eigenvalue weighted by Gasteiger charge is -2.39. The molecular formula is C22H25FN2O2S. The number of amides is 2. The van der Waals surface area contributed by atoms with Crippen molar-refractivity contribution in [3.05, 3.63) is 66.0 Å². The molecule has 1 heterocycles. The molecule has 0 saturated carbocycles. The molecule has 1 aliphatic heterocycles. The molecule has 2 aromatic carbocycles. The summed E-state index contributed by atoms with van der Waals surface area (Å²) in [5, 5.41) is 2.90. The molecular weight excluding hydrogens is 375 g/mol. The highest BCUT2D eigenvalue weighted by Gasteiger charge is 2.39. The van der Waals surface area contributed by atoms with Crippen molar-refractivity contribution in [3.8, 4) is 0 Å². The van der Waals surface area contributed by atoms with Gasteiger partial charge < -0.3 is 10.2 Å². The van der Waals surface area contributed by atoms with Gasteiger partial charge in [-0.1, -0.05) is 30.3 Å². The van der Waals surface area contributed by atoms with Crippen LogP contribution in [0.15, 0.2) is 59.5 Å². The lowest BCUT2D eigenvalue weighted by molar-refractivity contribution is -0.139. The summed E-state index contributed by atoms with van der Waals surface area (Å²) < 4.78 is 13.3. The van der Waals surface area contributed by atoms with Crippen LogP contribution < -0.4 is 5.32 Å². The molecule has 1 aliphatic rings. The second kappa shape index (κ2) is 9.24. The van der Waals surface area contributed by atoms with E-state index in [-0.39, 0.29) is 24.2 Å². The summed E-state index contributed by atoms with van der Waals surface area (Å²) in [5.74, 6) is 0.0105. The van der Waals surface area contributed by atoms with Crippen molar-refractivity contribution < 1.29 is 14.0 Å². The second-order valence-corrected chi connectivity index (χ2v) is 8.44. The monoisotopic (exact) mass is 400 g/mol. The van der Waals surface area contributed by atoms with E-state index in [1.165, 1.54) is 23.9 Å². The van der Waals surface area contributed by atoms with E-state index in [4.69, 9.17) is 0 Å². The molecule has 1 N–H and O–H groups in total. The molecule has 1 fully saturated rings. The van der Waals surface area contributed by atoms with E-state index in [2.05, 4.69) is 5.32 Å². The van der Waals surface area contributed by atoms with E-state index in [0.29, 0.717) is 18.8 Å². The van der Waals surface area contributed by atoms with Crippen molar-refractivity contribution in [1.82, 2.24) is 10.2 Å². The second-order valence-electron chi connectivity index (χ2n) is 7.39. The Hall–Kier alpha value is -2.34. The largest absolute Gasteiger partial charge is 0.351 e. The zero-order valence-corrected chi connectivity index (χ0v) is 16.8. The van der Waals surface area contributed by atoms with E-state index in [1.807, 2.05) is 37.3 Å². The first-order chi connectivity index (χ1) is 13.5. The maximum absolute atomic E-state index is 13.3. The van der Waals surface area contributed by atoms with Crippen LogP contribution in [0.2, 0.25) is 0 Å². The number of rotatable bonds is 6. The Morgan fingerprint density at radius 3 is 2.71 bits per heavy atom. The molecule has 0 aliphatic carbocycles. The van der Waals surface area contributed by atoms with Crippen LogP contribution in [0.3, 0.4) is 0 Å². The third-order valence-corrected chi connectivity index (χ3v) is 6.04. The van der Waals surface area contributed by atoms with Crippen LogP contribution in [0, 0.1) is 11.2 Å². The predicted octanol–water partition coefficient (Wildman–Crippen LogP) is 3.86. The standard InChI is InChI=1S/C22H25FN2O2S/c1-22(21(27)24-14-17-7-5-8-18(23)13-17)11-6-12-25(16-22)20(26)15-28-19-9-3-2-4-10-19/h2-5,7-10,13H,6,11-12,14-16H2,1H3,(H,24,27)/t22-/m1/s1. The summed E-state index contributed by atoms with van der Waals surface area (Å²) >= 11 is 1.51. The van der Waals surface area contributed by atoms with Gasteiger partial charge in [0, 0.05) is 24.5 Å². The molecule has 1 atom stereocenters. The van der Waals surface area contributed by atoms with Gasteiger partial charge in [0.15, 0.2) is 0 Å². The SMILES string of the molecule is C[C@@]1(C(=O)NCc2cccc(F)c2)CCCN(C(=O)CSc2ccccc2)C1. The first-order valence-electron chi connectivity index (χ1n) is 9.45. The van der Waals surface area contributed by atoms with E-state index in [1.54, 1.807) is 17.0 Å². The highest BCUT2D eigenvalue weighted by Crippen LogP contribution is 2.30. The number of carbonyl (C=O) groups excluding carboxylic acids is 2. The number of hydrogen-bond donors (Lipinski definition) is 1. The van der Waals surface area contributed by atoms with Gasteiger partial charge >= 0.3 is 0 Å². The van der Waals surface area contributed by atoms with Gasteiger partial charge in [0.2, 0.25) is 11.8 Å². The first-order valence-corrected chi connectivity index (χ1v) is 10.4. The Labute approximate surface area is 169 Å². The molecule has 0 bridgehead atoms. The number of nitrogens with zero attached hydrogens (tertiary/aromatic N) is 1. The van der Waals surface area contributed by atoms with Crippen molar-refractivity contribution in [2.75, 3.05) is 18.8 Å². The molecule has 0 spiro atoms. The van der Waals surface area contributed by atoms with Gasteiger partial charge in [-0.25, -0.2) is 4.39 Å². The summed E-state index contributed by atoms with van der Waals surface area (Å²) in [4.78, 5) is 28.3. The minimum absolute atomic E-state index is 0.0534. The zero-order valence-electron chi connectivity index (χ0n) is 16.0. The van der Waals surface area contributed by atoms with E-state index in [0.717, 1.165) is 23.3 Å². The van der Waals surface area contributed by atoms with Crippen molar-refractivity contribution in [1.29, 1.82) is 0 Å². The molecule has 0 unspecified atom stereocenters. The number of thioether (sulfide) groups is 1. The number of halogens is 1. The maximum atomic E-state index is 13.3. The van der Waals surface area contributed by atoms with Crippen molar-refractivity contribution >= 4 is 23.6 Å². The van der Waals surface area contributed by atoms with Crippen molar-refractivity contribution in [2.24, 2.45) is 5.41 Å². The van der Waals surface area contributed by atoms with Gasteiger partial charge in [0.1, 0.15) is 5.82 Å². The van der Waals surface area contributed by atoms with Crippen LogP contribution in [0.1, 0.15) is 25.3 Å². The maximum Gasteiger partial charge on any atom is 0.232 e. The molecule has 0 aromatic heterocycles. The van der Waals surface area contributed by atoms with Gasteiger partial charge in [-0.05, 0) is 49.6 Å². The molecule has 3 rings (SSSR count). The smallest absolute Gasteiger partial charge is 0.232 e. The molecule has 28 heavy (non-hydrogen) atoms. The minimum atomic E-state index is -0.626. The first kappa shape index (κ1) is 20.4. The van der Waals surface area contributed by atoms with Gasteiger partial charge in [0.25, 0.3) is 0 Å². The number of benzene rings is 2. The number of carbonyl (C=O) groups is 2.